The molecule has 0 aromatic heterocycles. The molecule has 0 bridgehead atoms. The number of nitrogens with one attached hydrogen (secondary N) is 1. The number of halogens is 3. The van der Waals surface area contributed by atoms with Gasteiger partial charge in [-0.2, -0.15) is 0 Å². The van der Waals surface area contributed by atoms with Gasteiger partial charge in [-0.25, -0.2) is 0 Å². The van der Waals surface area contributed by atoms with Crippen molar-refractivity contribution in [2.24, 2.45) is 5.84 Å². The van der Waals surface area contributed by atoms with Crippen LogP contribution < -0.4 is 11.3 Å². The van der Waals surface area contributed by atoms with E-state index in [-0.39, 0.29) is 6.04 Å². The summed E-state index contributed by atoms with van der Waals surface area (Å²) in [6.07, 6.45) is 0.647. The molecule has 0 aliphatic heterocycles. The van der Waals surface area contributed by atoms with Gasteiger partial charge in [0.05, 0.1) is 6.04 Å². The standard InChI is InChI=1S/C15H15Cl2IN2/c1-9-4-2-5-10(15(9)18)14(20-19)8-11-12(16)6-3-7-13(11)17/h2-7,14,20H,8,19H2,1H3. The molecule has 0 saturated carbocycles. The predicted molar refractivity (Wildman–Crippen MR) is 94.1 cm³/mol. The summed E-state index contributed by atoms with van der Waals surface area (Å²) >= 11 is 14.8. The van der Waals surface area contributed by atoms with E-state index in [1.807, 2.05) is 24.3 Å². The number of rotatable bonds is 4. The molecule has 2 aromatic carbocycles. The van der Waals surface area contributed by atoms with Crippen molar-refractivity contribution in [1.29, 1.82) is 0 Å². The van der Waals surface area contributed by atoms with Crippen LogP contribution in [0, 0.1) is 10.5 Å². The van der Waals surface area contributed by atoms with Gasteiger partial charge in [-0.3, -0.25) is 11.3 Å². The van der Waals surface area contributed by atoms with Crippen molar-refractivity contribution >= 4 is 45.8 Å². The van der Waals surface area contributed by atoms with Gasteiger partial charge in [0.25, 0.3) is 0 Å². The summed E-state index contributed by atoms with van der Waals surface area (Å²) in [6, 6.07) is 11.7. The van der Waals surface area contributed by atoms with Gasteiger partial charge in [0, 0.05) is 13.6 Å². The Morgan fingerprint density at radius 2 is 1.75 bits per heavy atom. The van der Waals surface area contributed by atoms with Gasteiger partial charge < -0.3 is 0 Å². The Morgan fingerprint density at radius 1 is 1.15 bits per heavy atom. The molecule has 0 spiro atoms. The zero-order valence-electron chi connectivity index (χ0n) is 11.0. The molecule has 1 atom stereocenters. The van der Waals surface area contributed by atoms with E-state index in [1.54, 1.807) is 0 Å². The number of hydrogen-bond acceptors (Lipinski definition) is 2. The van der Waals surface area contributed by atoms with E-state index in [4.69, 9.17) is 29.0 Å². The molecule has 3 N–H and O–H groups in total. The number of nitrogens with two attached hydrogens (primary N) is 1. The minimum atomic E-state index is -0.0285. The third-order valence-corrected chi connectivity index (χ3v) is 5.45. The highest BCUT2D eigenvalue weighted by Crippen LogP contribution is 2.31. The summed E-state index contributed by atoms with van der Waals surface area (Å²) in [5.74, 6) is 5.73. The number of aryl methyl sites for hydroxylation is 1. The molecule has 2 aromatic rings. The molecular weight excluding hydrogens is 406 g/mol. The Morgan fingerprint density at radius 3 is 2.35 bits per heavy atom. The molecule has 20 heavy (non-hydrogen) atoms. The second-order valence-corrected chi connectivity index (χ2v) is 6.49. The second kappa shape index (κ2) is 7.09. The minimum Gasteiger partial charge on any atom is -0.271 e. The normalized spacial score (nSPS) is 12.4. The van der Waals surface area contributed by atoms with Crippen molar-refractivity contribution in [3.05, 3.63) is 66.7 Å². The van der Waals surface area contributed by atoms with Crippen LogP contribution in [0.1, 0.15) is 22.7 Å². The lowest BCUT2D eigenvalue weighted by molar-refractivity contribution is 0.549. The summed E-state index contributed by atoms with van der Waals surface area (Å²) in [5.41, 5.74) is 6.17. The summed E-state index contributed by atoms with van der Waals surface area (Å²) in [5, 5.41) is 1.33. The number of benzene rings is 2. The SMILES string of the molecule is Cc1cccc(C(Cc2c(Cl)cccc2Cl)NN)c1I. The maximum atomic E-state index is 6.23. The Kier molecular flexibility index (Phi) is 5.69. The molecule has 2 nitrogen and oxygen atoms in total. The highest BCUT2D eigenvalue weighted by Gasteiger charge is 2.17. The lowest BCUT2D eigenvalue weighted by Gasteiger charge is -2.20. The summed E-state index contributed by atoms with van der Waals surface area (Å²) in [4.78, 5) is 0. The van der Waals surface area contributed by atoms with Crippen molar-refractivity contribution in [3.8, 4) is 0 Å². The van der Waals surface area contributed by atoms with E-state index in [0.29, 0.717) is 16.5 Å². The maximum Gasteiger partial charge on any atom is 0.0511 e. The van der Waals surface area contributed by atoms with Crippen LogP contribution in [0.15, 0.2) is 36.4 Å². The Bertz CT molecular complexity index is 597. The lowest BCUT2D eigenvalue weighted by atomic mass is 9.98. The molecule has 0 heterocycles. The van der Waals surface area contributed by atoms with E-state index >= 15 is 0 Å². The molecular formula is C15H15Cl2IN2. The smallest absolute Gasteiger partial charge is 0.0511 e. The van der Waals surface area contributed by atoms with Crippen LogP contribution in [0.4, 0.5) is 0 Å². The molecule has 2 rings (SSSR count). The number of hydrogen-bond donors (Lipinski definition) is 2. The highest BCUT2D eigenvalue weighted by atomic mass is 127. The Hall–Kier alpha value is -0.330. The maximum absolute atomic E-state index is 6.23. The van der Waals surface area contributed by atoms with Crippen LogP contribution in [0.3, 0.4) is 0 Å². The quantitative estimate of drug-likeness (QED) is 0.429. The van der Waals surface area contributed by atoms with Crippen molar-refractivity contribution in [1.82, 2.24) is 5.43 Å². The van der Waals surface area contributed by atoms with Crippen LogP contribution >= 0.6 is 45.8 Å². The molecule has 0 radical (unpaired) electrons. The summed E-state index contributed by atoms with van der Waals surface area (Å²) in [7, 11) is 0. The van der Waals surface area contributed by atoms with Crippen molar-refractivity contribution < 1.29 is 0 Å². The van der Waals surface area contributed by atoms with Crippen LogP contribution in [0.25, 0.3) is 0 Å². The van der Waals surface area contributed by atoms with Crippen molar-refractivity contribution in [2.75, 3.05) is 0 Å². The van der Waals surface area contributed by atoms with Crippen LogP contribution in [0.5, 0.6) is 0 Å². The van der Waals surface area contributed by atoms with Crippen molar-refractivity contribution in [3.63, 3.8) is 0 Å². The molecule has 106 valence electrons. The van der Waals surface area contributed by atoms with E-state index in [2.05, 4.69) is 47.1 Å². The Balaban J connectivity index is 2.37. The van der Waals surface area contributed by atoms with E-state index < -0.39 is 0 Å². The fourth-order valence-electron chi connectivity index (χ4n) is 2.13. The third-order valence-electron chi connectivity index (χ3n) is 3.27. The summed E-state index contributed by atoms with van der Waals surface area (Å²) < 4.78 is 1.20. The first-order valence-electron chi connectivity index (χ1n) is 6.18. The van der Waals surface area contributed by atoms with Gasteiger partial charge in [-0.15, -0.1) is 0 Å². The minimum absolute atomic E-state index is 0.0285. The zero-order valence-corrected chi connectivity index (χ0v) is 14.6. The predicted octanol–water partition coefficient (Wildman–Crippen LogP) is 4.65. The van der Waals surface area contributed by atoms with E-state index in [0.717, 1.165) is 11.1 Å². The highest BCUT2D eigenvalue weighted by molar-refractivity contribution is 14.1. The Labute approximate surface area is 142 Å². The average Bonchev–Trinajstić information content (AvgIpc) is 2.42. The van der Waals surface area contributed by atoms with E-state index in [9.17, 15) is 0 Å². The molecule has 0 saturated heterocycles. The fraction of sp³-hybridized carbons (Fsp3) is 0.200. The van der Waals surface area contributed by atoms with E-state index in [1.165, 1.54) is 9.13 Å². The molecule has 0 fully saturated rings. The zero-order chi connectivity index (χ0) is 14.7. The number of hydrazine groups is 1. The van der Waals surface area contributed by atoms with Gasteiger partial charge in [0.15, 0.2) is 0 Å². The van der Waals surface area contributed by atoms with Gasteiger partial charge in [0.2, 0.25) is 0 Å². The van der Waals surface area contributed by atoms with Crippen LogP contribution in [-0.2, 0) is 6.42 Å². The van der Waals surface area contributed by atoms with Gasteiger partial charge >= 0.3 is 0 Å². The molecule has 0 amide bonds. The third kappa shape index (κ3) is 3.46. The van der Waals surface area contributed by atoms with Gasteiger partial charge in [-0.1, -0.05) is 47.5 Å². The average molecular weight is 421 g/mol. The van der Waals surface area contributed by atoms with Gasteiger partial charge in [-0.05, 0) is 64.8 Å². The topological polar surface area (TPSA) is 38.0 Å². The lowest BCUT2D eigenvalue weighted by Crippen LogP contribution is -2.30. The molecule has 1 unspecified atom stereocenters. The second-order valence-electron chi connectivity index (χ2n) is 4.60. The van der Waals surface area contributed by atoms with Crippen molar-refractivity contribution in [2.45, 2.75) is 19.4 Å². The first-order chi connectivity index (χ1) is 9.54. The molecule has 0 aliphatic rings. The largest absolute Gasteiger partial charge is 0.271 e. The first-order valence-corrected chi connectivity index (χ1v) is 8.02. The van der Waals surface area contributed by atoms with Crippen LogP contribution in [-0.4, -0.2) is 0 Å². The first kappa shape index (κ1) is 16.0. The molecule has 5 heteroatoms. The van der Waals surface area contributed by atoms with Gasteiger partial charge in [0.1, 0.15) is 0 Å². The summed E-state index contributed by atoms with van der Waals surface area (Å²) in [6.45, 7) is 2.08. The molecule has 0 aliphatic carbocycles. The van der Waals surface area contributed by atoms with Crippen LogP contribution in [0.2, 0.25) is 10.0 Å². The monoisotopic (exact) mass is 420 g/mol. The fourth-order valence-corrected chi connectivity index (χ4v) is 3.42.